The van der Waals surface area contributed by atoms with Gasteiger partial charge in [-0.05, 0) is 92.7 Å². The maximum atomic E-state index is 14.0. The minimum atomic E-state index is -4.97. The molecule has 15 heteroatoms. The number of carbonyl (C=O) groups excluding carboxylic acids is 2. The number of hydrogen-bond acceptors (Lipinski definition) is 6. The number of fused-ring (bicyclic) bond motifs is 3. The number of amides is 2. The van der Waals surface area contributed by atoms with Crippen LogP contribution in [-0.2, 0) is 15.8 Å². The standard InChI is InChI=1S/C35H34F7N3O5/c1-49-26-9-4-16(29-22-12-17(13-27(22)50-45-29)31(46)35(40,41)42)11-23(26)32(47)44-30-20-7-6-19(21(20)10-15-2-3-15)28(30)33(48)43-18-5-8-25(36)24(14-18)34(37,38)39/h4-5,8-11,14-15,17,19-20,22,27-28,30-31,46H,2-3,6-7,12-13H2,1H3,(H,43,48)(H,44,47)/b21-10-/t17?,19?,20-,22?,27?,28+,30?,31?/m1/s1. The number of ether oxygens (including phenoxy) is 1. The smallest absolute Gasteiger partial charge is 0.419 e. The molecule has 1 aliphatic heterocycles. The Kier molecular flexibility index (Phi) is 8.63. The Labute approximate surface area is 282 Å². The van der Waals surface area contributed by atoms with Crippen molar-refractivity contribution in [3.63, 3.8) is 0 Å². The molecule has 8 nitrogen and oxygen atoms in total. The summed E-state index contributed by atoms with van der Waals surface area (Å²) < 4.78 is 99.3. The topological polar surface area (TPSA) is 109 Å². The van der Waals surface area contributed by atoms with Crippen molar-refractivity contribution >= 4 is 23.2 Å². The molecular weight excluding hydrogens is 675 g/mol. The molecule has 0 aromatic heterocycles. The molecule has 1 heterocycles. The number of carbonyl (C=O) groups is 2. The largest absolute Gasteiger partial charge is 0.496 e. The monoisotopic (exact) mass is 709 g/mol. The average molecular weight is 710 g/mol. The van der Waals surface area contributed by atoms with Crippen LogP contribution >= 0.6 is 0 Å². The number of alkyl halides is 6. The van der Waals surface area contributed by atoms with Gasteiger partial charge in [0.2, 0.25) is 5.91 Å². The predicted molar refractivity (Wildman–Crippen MR) is 164 cm³/mol. The minimum Gasteiger partial charge on any atom is -0.496 e. The molecule has 2 bridgehead atoms. The summed E-state index contributed by atoms with van der Waals surface area (Å²) in [5.74, 6) is -5.04. The summed E-state index contributed by atoms with van der Waals surface area (Å²) in [4.78, 5) is 33.3. The summed E-state index contributed by atoms with van der Waals surface area (Å²) in [6.45, 7) is 0. The second-order valence-corrected chi connectivity index (χ2v) is 13.9. The van der Waals surface area contributed by atoms with Gasteiger partial charge in [0.05, 0.1) is 29.9 Å². The fourth-order valence-corrected chi connectivity index (χ4v) is 8.30. The van der Waals surface area contributed by atoms with Gasteiger partial charge in [0.25, 0.3) is 5.91 Å². The third kappa shape index (κ3) is 6.33. The molecule has 3 N–H and O–H groups in total. The lowest BCUT2D eigenvalue weighted by atomic mass is 9.83. The van der Waals surface area contributed by atoms with Crippen LogP contribution in [0.25, 0.3) is 0 Å². The quantitative estimate of drug-likeness (QED) is 0.211. The number of hydrogen-bond donors (Lipinski definition) is 3. The van der Waals surface area contributed by atoms with E-state index in [2.05, 4.69) is 21.9 Å². The van der Waals surface area contributed by atoms with Crippen LogP contribution in [-0.4, -0.2) is 54.2 Å². The van der Waals surface area contributed by atoms with E-state index in [9.17, 15) is 45.4 Å². The van der Waals surface area contributed by atoms with Crippen molar-refractivity contribution in [2.24, 2.45) is 40.7 Å². The van der Waals surface area contributed by atoms with Crippen LogP contribution in [0.1, 0.15) is 60.0 Å². The molecule has 0 spiro atoms. The van der Waals surface area contributed by atoms with Crippen LogP contribution in [0.15, 0.2) is 53.2 Å². The minimum absolute atomic E-state index is 0.0195. The van der Waals surface area contributed by atoms with E-state index in [1.54, 1.807) is 6.07 Å². The Bertz CT molecular complexity index is 1750. The summed E-state index contributed by atoms with van der Waals surface area (Å²) in [7, 11) is 1.36. The van der Waals surface area contributed by atoms with Gasteiger partial charge in [-0.25, -0.2) is 4.39 Å². The fraction of sp³-hybridized carbons (Fsp3) is 0.514. The van der Waals surface area contributed by atoms with Gasteiger partial charge < -0.3 is 25.3 Å². The van der Waals surface area contributed by atoms with E-state index >= 15 is 0 Å². The molecular formula is C35H34F7N3O5. The van der Waals surface area contributed by atoms with Crippen LogP contribution < -0.4 is 15.4 Å². The molecule has 4 saturated carbocycles. The molecule has 8 atom stereocenters. The van der Waals surface area contributed by atoms with Crippen molar-refractivity contribution in [2.45, 2.75) is 69.1 Å². The van der Waals surface area contributed by atoms with Crippen LogP contribution in [0, 0.1) is 41.3 Å². The van der Waals surface area contributed by atoms with E-state index in [4.69, 9.17) is 9.57 Å². The number of oxime groups is 1. The zero-order valence-electron chi connectivity index (χ0n) is 26.7. The Morgan fingerprint density at radius 3 is 2.42 bits per heavy atom. The molecule has 4 aliphatic carbocycles. The normalized spacial score (nSPS) is 30.1. The van der Waals surface area contributed by atoms with E-state index in [1.807, 2.05) is 0 Å². The number of methoxy groups -OCH3 is 1. The van der Waals surface area contributed by atoms with E-state index in [0.29, 0.717) is 42.2 Å². The number of rotatable bonds is 8. The molecule has 5 aliphatic rings. The fourth-order valence-electron chi connectivity index (χ4n) is 8.30. The van der Waals surface area contributed by atoms with Crippen LogP contribution in [0.4, 0.5) is 36.4 Å². The molecule has 0 saturated heterocycles. The first-order valence-electron chi connectivity index (χ1n) is 16.5. The summed E-state index contributed by atoms with van der Waals surface area (Å²) in [6.07, 6.45) is -7.49. The first kappa shape index (κ1) is 34.3. The van der Waals surface area contributed by atoms with E-state index in [0.717, 1.165) is 24.5 Å². The first-order chi connectivity index (χ1) is 23.6. The molecule has 0 radical (unpaired) electrons. The summed E-state index contributed by atoms with van der Waals surface area (Å²) in [5, 5.41) is 19.5. The highest BCUT2D eigenvalue weighted by atomic mass is 19.4. The molecule has 2 amide bonds. The number of nitrogens with zero attached hydrogens (tertiary/aromatic N) is 1. The van der Waals surface area contributed by atoms with Gasteiger partial charge in [-0.2, -0.15) is 26.3 Å². The van der Waals surface area contributed by atoms with E-state index in [-0.39, 0.29) is 41.7 Å². The van der Waals surface area contributed by atoms with Gasteiger partial charge >= 0.3 is 12.4 Å². The van der Waals surface area contributed by atoms with Crippen LogP contribution in [0.5, 0.6) is 5.75 Å². The number of allylic oxidation sites excluding steroid dienone is 1. The number of aliphatic hydroxyl groups excluding tert-OH is 1. The lowest BCUT2D eigenvalue weighted by Crippen LogP contribution is -2.48. The Morgan fingerprint density at radius 1 is 1.00 bits per heavy atom. The highest BCUT2D eigenvalue weighted by Gasteiger charge is 2.55. The third-order valence-corrected chi connectivity index (χ3v) is 10.8. The number of halogens is 7. The number of benzene rings is 2. The number of aliphatic hydroxyl groups is 1. The highest BCUT2D eigenvalue weighted by molar-refractivity contribution is 6.06. The van der Waals surface area contributed by atoms with Crippen molar-refractivity contribution in [3.8, 4) is 5.75 Å². The zero-order chi connectivity index (χ0) is 35.7. The second kappa shape index (κ2) is 12.6. The van der Waals surface area contributed by atoms with Crippen molar-refractivity contribution < 1.29 is 55.0 Å². The van der Waals surface area contributed by atoms with Gasteiger partial charge in [0.15, 0.2) is 6.10 Å². The first-order valence-corrected chi connectivity index (χ1v) is 16.5. The molecule has 50 heavy (non-hydrogen) atoms. The summed E-state index contributed by atoms with van der Waals surface area (Å²) in [6, 6.07) is 6.13. The third-order valence-electron chi connectivity index (χ3n) is 10.8. The van der Waals surface area contributed by atoms with Crippen molar-refractivity contribution in [3.05, 3.63) is 70.6 Å². The van der Waals surface area contributed by atoms with Crippen molar-refractivity contribution in [1.82, 2.24) is 5.32 Å². The van der Waals surface area contributed by atoms with Gasteiger partial charge in [-0.3, -0.25) is 9.59 Å². The Hall–Kier alpha value is -4.14. The molecule has 2 aromatic carbocycles. The maximum Gasteiger partial charge on any atom is 0.419 e. The second-order valence-electron chi connectivity index (χ2n) is 13.9. The van der Waals surface area contributed by atoms with E-state index in [1.165, 1.54) is 19.2 Å². The predicted octanol–water partition coefficient (Wildman–Crippen LogP) is 6.63. The van der Waals surface area contributed by atoms with Crippen molar-refractivity contribution in [2.75, 3.05) is 12.4 Å². The lowest BCUT2D eigenvalue weighted by molar-refractivity contribution is -0.219. The highest BCUT2D eigenvalue weighted by Crippen LogP contribution is 2.54. The van der Waals surface area contributed by atoms with Crippen molar-refractivity contribution in [1.29, 1.82) is 0 Å². The molecule has 2 aromatic rings. The number of nitrogens with one attached hydrogen (secondary N) is 2. The zero-order valence-corrected chi connectivity index (χ0v) is 26.7. The number of anilines is 1. The Morgan fingerprint density at radius 2 is 1.74 bits per heavy atom. The molecule has 268 valence electrons. The van der Waals surface area contributed by atoms with Gasteiger partial charge in [0.1, 0.15) is 17.7 Å². The summed E-state index contributed by atoms with van der Waals surface area (Å²) >= 11 is 0. The molecule has 4 fully saturated rings. The van der Waals surface area contributed by atoms with Crippen LogP contribution in [0.3, 0.4) is 0 Å². The van der Waals surface area contributed by atoms with Gasteiger partial charge in [-0.1, -0.05) is 16.8 Å². The molecule has 6 unspecified atom stereocenters. The average Bonchev–Trinajstić information content (AvgIpc) is 3.33. The Balaban J connectivity index is 1.14. The van der Waals surface area contributed by atoms with Gasteiger partial charge in [0, 0.05) is 29.1 Å². The lowest BCUT2D eigenvalue weighted by Gasteiger charge is -2.30. The summed E-state index contributed by atoms with van der Waals surface area (Å²) in [5.41, 5.74) is 0.126. The van der Waals surface area contributed by atoms with E-state index < -0.39 is 71.6 Å². The SMILES string of the molecule is COc1ccc(C2=NOC3CC(C(O)C(F)(F)F)CC23)cc1C(=O)NC1[C@@H](C(=O)Nc2ccc(F)c(C(F)(F)F)c2)C2CC[C@@H]1/C2=C\C1CC1. The van der Waals surface area contributed by atoms with Crippen LogP contribution in [0.2, 0.25) is 0 Å². The molecule has 7 rings (SSSR count). The maximum absolute atomic E-state index is 14.0. The van der Waals surface area contributed by atoms with Gasteiger partial charge in [-0.15, -0.1) is 0 Å².